The summed E-state index contributed by atoms with van der Waals surface area (Å²) in [6.45, 7) is 1.27. The SMILES string of the molecule is COCCCn1ccc(NC(=O)N2CCCC(C(F)(F)F)C2)n1. The summed E-state index contributed by atoms with van der Waals surface area (Å²) in [5, 5.41) is 6.72. The number of aryl methyl sites for hydroxylation is 1. The van der Waals surface area contributed by atoms with Crippen molar-refractivity contribution in [3.63, 3.8) is 0 Å². The van der Waals surface area contributed by atoms with Crippen molar-refractivity contribution in [1.82, 2.24) is 14.7 Å². The molecular formula is C14H21F3N4O2. The summed E-state index contributed by atoms with van der Waals surface area (Å²) in [7, 11) is 1.61. The molecule has 1 N–H and O–H groups in total. The van der Waals surface area contributed by atoms with Crippen molar-refractivity contribution in [2.75, 3.05) is 32.1 Å². The van der Waals surface area contributed by atoms with Crippen molar-refractivity contribution in [3.8, 4) is 0 Å². The number of rotatable bonds is 5. The third-order valence-corrected chi connectivity index (χ3v) is 3.78. The van der Waals surface area contributed by atoms with Gasteiger partial charge in [0.1, 0.15) is 0 Å². The first-order valence-corrected chi connectivity index (χ1v) is 7.55. The molecule has 0 saturated carbocycles. The number of amides is 2. The van der Waals surface area contributed by atoms with Gasteiger partial charge in [0.15, 0.2) is 5.82 Å². The molecule has 0 spiro atoms. The van der Waals surface area contributed by atoms with Gasteiger partial charge in [0.05, 0.1) is 5.92 Å². The number of anilines is 1. The summed E-state index contributed by atoms with van der Waals surface area (Å²) in [4.78, 5) is 13.3. The van der Waals surface area contributed by atoms with Crippen LogP contribution >= 0.6 is 0 Å². The summed E-state index contributed by atoms with van der Waals surface area (Å²) in [5.41, 5.74) is 0. The number of hydrogen-bond acceptors (Lipinski definition) is 3. The fourth-order valence-electron chi connectivity index (χ4n) is 2.54. The van der Waals surface area contributed by atoms with Crippen LogP contribution in [-0.2, 0) is 11.3 Å². The molecule has 130 valence electrons. The Kier molecular flexibility index (Phi) is 5.86. The highest BCUT2D eigenvalue weighted by molar-refractivity contribution is 5.88. The van der Waals surface area contributed by atoms with Crippen LogP contribution in [0.3, 0.4) is 0 Å². The topological polar surface area (TPSA) is 59.4 Å². The lowest BCUT2D eigenvalue weighted by Gasteiger charge is -2.33. The normalized spacial score (nSPS) is 19.0. The standard InChI is InChI=1S/C14H21F3N4O2/c1-23-9-3-7-21-8-5-12(19-21)18-13(22)20-6-2-4-11(10-20)14(15,16)17/h5,8,11H,2-4,6-7,9-10H2,1H3,(H,18,19,22). The van der Waals surface area contributed by atoms with Gasteiger partial charge in [-0.05, 0) is 19.3 Å². The zero-order valence-electron chi connectivity index (χ0n) is 13.0. The van der Waals surface area contributed by atoms with Crippen LogP contribution < -0.4 is 5.32 Å². The number of aromatic nitrogens is 2. The fourth-order valence-corrected chi connectivity index (χ4v) is 2.54. The van der Waals surface area contributed by atoms with Crippen molar-refractivity contribution in [3.05, 3.63) is 12.3 Å². The first-order chi connectivity index (χ1) is 10.9. The number of nitrogens with one attached hydrogen (secondary N) is 1. The van der Waals surface area contributed by atoms with Gasteiger partial charge in [-0.25, -0.2) is 4.79 Å². The second-order valence-corrected chi connectivity index (χ2v) is 5.57. The number of urea groups is 1. The molecular weight excluding hydrogens is 313 g/mol. The number of carbonyl (C=O) groups excluding carboxylic acids is 1. The Morgan fingerprint density at radius 2 is 2.30 bits per heavy atom. The van der Waals surface area contributed by atoms with E-state index < -0.39 is 18.1 Å². The number of methoxy groups -OCH3 is 1. The van der Waals surface area contributed by atoms with E-state index in [1.807, 2.05) is 0 Å². The third-order valence-electron chi connectivity index (χ3n) is 3.78. The predicted octanol–water partition coefficient (Wildman–Crippen LogP) is 2.73. The van der Waals surface area contributed by atoms with Crippen LogP contribution in [0.25, 0.3) is 0 Å². The molecule has 1 aromatic heterocycles. The summed E-state index contributed by atoms with van der Waals surface area (Å²) >= 11 is 0. The lowest BCUT2D eigenvalue weighted by Crippen LogP contribution is -2.46. The van der Waals surface area contributed by atoms with E-state index in [0.29, 0.717) is 31.9 Å². The van der Waals surface area contributed by atoms with Gasteiger partial charge in [0.2, 0.25) is 0 Å². The fraction of sp³-hybridized carbons (Fsp3) is 0.714. The zero-order valence-corrected chi connectivity index (χ0v) is 13.0. The van der Waals surface area contributed by atoms with E-state index in [0.717, 1.165) is 6.42 Å². The van der Waals surface area contributed by atoms with Crippen molar-refractivity contribution in [2.45, 2.75) is 32.0 Å². The Morgan fingerprint density at radius 1 is 1.52 bits per heavy atom. The number of nitrogens with zero attached hydrogens (tertiary/aromatic N) is 3. The Balaban J connectivity index is 1.86. The molecule has 2 amide bonds. The minimum absolute atomic E-state index is 0.0708. The third kappa shape index (κ3) is 5.12. The summed E-state index contributed by atoms with van der Waals surface area (Å²) < 4.78 is 44.9. The van der Waals surface area contributed by atoms with Crippen molar-refractivity contribution < 1.29 is 22.7 Å². The van der Waals surface area contributed by atoms with E-state index in [1.165, 1.54) is 4.90 Å². The quantitative estimate of drug-likeness (QED) is 0.843. The average molecular weight is 334 g/mol. The van der Waals surface area contributed by atoms with Crippen LogP contribution in [0, 0.1) is 5.92 Å². The number of ether oxygens (including phenoxy) is 1. The smallest absolute Gasteiger partial charge is 0.385 e. The molecule has 1 aliphatic heterocycles. The maximum absolute atomic E-state index is 12.8. The molecule has 1 aliphatic rings. The second kappa shape index (κ2) is 7.67. The molecule has 1 atom stereocenters. The average Bonchev–Trinajstić information content (AvgIpc) is 2.94. The van der Waals surface area contributed by atoms with Gasteiger partial charge in [-0.1, -0.05) is 0 Å². The number of hydrogen-bond donors (Lipinski definition) is 1. The second-order valence-electron chi connectivity index (χ2n) is 5.57. The maximum Gasteiger partial charge on any atom is 0.393 e. The first kappa shape index (κ1) is 17.6. The highest BCUT2D eigenvalue weighted by Gasteiger charge is 2.42. The number of halogens is 3. The zero-order chi connectivity index (χ0) is 16.9. The largest absolute Gasteiger partial charge is 0.393 e. The van der Waals surface area contributed by atoms with Crippen LogP contribution in [0.1, 0.15) is 19.3 Å². The van der Waals surface area contributed by atoms with Gasteiger partial charge in [-0.3, -0.25) is 10.00 Å². The minimum atomic E-state index is -4.26. The van der Waals surface area contributed by atoms with Gasteiger partial charge in [-0.2, -0.15) is 18.3 Å². The number of carbonyl (C=O) groups is 1. The Labute approximate surface area is 132 Å². The predicted molar refractivity (Wildman–Crippen MR) is 78.1 cm³/mol. The summed E-state index contributed by atoms with van der Waals surface area (Å²) in [6.07, 6.45) is -1.35. The lowest BCUT2D eigenvalue weighted by atomic mass is 9.98. The van der Waals surface area contributed by atoms with Crippen LogP contribution in [-0.4, -0.2) is 53.7 Å². The molecule has 1 aromatic rings. The van der Waals surface area contributed by atoms with E-state index in [-0.39, 0.29) is 13.0 Å². The van der Waals surface area contributed by atoms with Crippen molar-refractivity contribution in [1.29, 1.82) is 0 Å². The van der Waals surface area contributed by atoms with Crippen LogP contribution in [0.5, 0.6) is 0 Å². The van der Waals surface area contributed by atoms with Gasteiger partial charge in [0.25, 0.3) is 0 Å². The Hall–Kier alpha value is -1.77. The summed E-state index contributed by atoms with van der Waals surface area (Å²) in [5.74, 6) is -1.12. The van der Waals surface area contributed by atoms with E-state index >= 15 is 0 Å². The molecule has 0 aromatic carbocycles. The first-order valence-electron chi connectivity index (χ1n) is 7.55. The van der Waals surface area contributed by atoms with E-state index in [1.54, 1.807) is 24.1 Å². The molecule has 2 heterocycles. The van der Waals surface area contributed by atoms with Gasteiger partial charge < -0.3 is 9.64 Å². The van der Waals surface area contributed by atoms with Gasteiger partial charge in [-0.15, -0.1) is 0 Å². The van der Waals surface area contributed by atoms with E-state index in [4.69, 9.17) is 4.74 Å². The van der Waals surface area contributed by atoms with Gasteiger partial charge >= 0.3 is 12.2 Å². The highest BCUT2D eigenvalue weighted by atomic mass is 19.4. The maximum atomic E-state index is 12.8. The van der Waals surface area contributed by atoms with Crippen molar-refractivity contribution in [2.24, 2.45) is 5.92 Å². The summed E-state index contributed by atoms with van der Waals surface area (Å²) in [6, 6.07) is 1.08. The minimum Gasteiger partial charge on any atom is -0.385 e. The van der Waals surface area contributed by atoms with Gasteiger partial charge in [0, 0.05) is 45.6 Å². The molecule has 23 heavy (non-hydrogen) atoms. The number of alkyl halides is 3. The Morgan fingerprint density at radius 3 is 3.00 bits per heavy atom. The molecule has 9 heteroatoms. The van der Waals surface area contributed by atoms with Crippen LogP contribution in [0.4, 0.5) is 23.8 Å². The molecule has 0 bridgehead atoms. The molecule has 0 aliphatic carbocycles. The lowest BCUT2D eigenvalue weighted by molar-refractivity contribution is -0.183. The molecule has 0 radical (unpaired) electrons. The number of likely N-dealkylation sites (tertiary alicyclic amines) is 1. The van der Waals surface area contributed by atoms with Crippen molar-refractivity contribution >= 4 is 11.8 Å². The van der Waals surface area contributed by atoms with E-state index in [9.17, 15) is 18.0 Å². The Bertz CT molecular complexity index is 518. The molecule has 2 rings (SSSR count). The number of piperidine rings is 1. The van der Waals surface area contributed by atoms with Crippen LogP contribution in [0.15, 0.2) is 12.3 Å². The highest BCUT2D eigenvalue weighted by Crippen LogP contribution is 2.33. The van der Waals surface area contributed by atoms with E-state index in [2.05, 4.69) is 10.4 Å². The molecule has 1 unspecified atom stereocenters. The van der Waals surface area contributed by atoms with Crippen LogP contribution in [0.2, 0.25) is 0 Å². The molecule has 1 saturated heterocycles. The monoisotopic (exact) mass is 334 g/mol. The molecule has 1 fully saturated rings. The molecule has 6 nitrogen and oxygen atoms in total.